The van der Waals surface area contributed by atoms with Gasteiger partial charge in [0.2, 0.25) is 5.91 Å². The quantitative estimate of drug-likeness (QED) is 0.592. The monoisotopic (exact) mass is 455 g/mol. The molecule has 0 atom stereocenters. The van der Waals surface area contributed by atoms with E-state index in [-0.39, 0.29) is 5.91 Å². The molecule has 0 bridgehead atoms. The topological polar surface area (TPSA) is 64.7 Å². The van der Waals surface area contributed by atoms with Crippen LogP contribution in [0.3, 0.4) is 0 Å². The fourth-order valence-electron chi connectivity index (χ4n) is 2.41. The molecule has 0 unspecified atom stereocenters. The summed E-state index contributed by atoms with van der Waals surface area (Å²) in [5.41, 5.74) is 2.30. The van der Waals surface area contributed by atoms with Crippen molar-refractivity contribution < 1.29 is 4.79 Å². The predicted octanol–water partition coefficient (Wildman–Crippen LogP) is 4.53. The number of carbonyl (C=O) groups is 1. The third kappa shape index (κ3) is 4.66. The van der Waals surface area contributed by atoms with Gasteiger partial charge in [0.05, 0.1) is 28.6 Å². The van der Waals surface area contributed by atoms with E-state index in [9.17, 15) is 4.79 Å². The van der Waals surface area contributed by atoms with Gasteiger partial charge in [0.15, 0.2) is 0 Å². The maximum Gasteiger partial charge on any atom is 0.226 e. The highest BCUT2D eigenvalue weighted by Crippen LogP contribution is 2.25. The third-order valence-corrected chi connectivity index (χ3v) is 5.24. The Kier molecular flexibility index (Phi) is 6.01. The Labute approximate surface area is 169 Å². The molecule has 0 aliphatic heterocycles. The molecule has 0 aliphatic rings. The minimum Gasteiger partial charge on any atom is -0.323 e. The molecule has 136 valence electrons. The van der Waals surface area contributed by atoms with Crippen molar-refractivity contribution >= 4 is 50.7 Å². The highest BCUT2D eigenvalue weighted by Gasteiger charge is 2.10. The van der Waals surface area contributed by atoms with Crippen LogP contribution in [0.2, 0.25) is 10.0 Å². The van der Waals surface area contributed by atoms with Crippen molar-refractivity contribution in [1.29, 1.82) is 0 Å². The van der Waals surface area contributed by atoms with Crippen molar-refractivity contribution in [3.05, 3.63) is 62.6 Å². The fraction of sp³-hybridized carbons (Fsp3) is 0.235. The van der Waals surface area contributed by atoms with Crippen LogP contribution in [0.5, 0.6) is 0 Å². The van der Waals surface area contributed by atoms with Gasteiger partial charge < -0.3 is 5.32 Å². The zero-order valence-corrected chi connectivity index (χ0v) is 17.0. The molecule has 3 aromatic rings. The van der Waals surface area contributed by atoms with Gasteiger partial charge in [-0.15, -0.1) is 0 Å². The average Bonchev–Trinajstić information content (AvgIpc) is 3.16. The van der Waals surface area contributed by atoms with Gasteiger partial charge in [0, 0.05) is 41.0 Å². The second kappa shape index (κ2) is 8.24. The molecule has 9 heteroatoms. The number of hydrogen-bond acceptors (Lipinski definition) is 3. The van der Waals surface area contributed by atoms with Crippen molar-refractivity contribution in [2.24, 2.45) is 0 Å². The normalized spacial score (nSPS) is 10.9. The summed E-state index contributed by atoms with van der Waals surface area (Å²) in [6.45, 7) is 2.83. The number of anilines is 1. The molecule has 0 radical (unpaired) electrons. The average molecular weight is 457 g/mol. The summed E-state index contributed by atoms with van der Waals surface area (Å²) in [6, 6.07) is 5.36. The Morgan fingerprint density at radius 3 is 2.62 bits per heavy atom. The molecular weight excluding hydrogens is 441 g/mol. The third-order valence-electron chi connectivity index (χ3n) is 3.75. The van der Waals surface area contributed by atoms with Crippen molar-refractivity contribution in [2.75, 3.05) is 5.32 Å². The molecule has 0 saturated heterocycles. The first kappa shape index (κ1) is 18.9. The van der Waals surface area contributed by atoms with E-state index in [1.54, 1.807) is 40.0 Å². The lowest BCUT2D eigenvalue weighted by Gasteiger charge is -2.06. The Morgan fingerprint density at radius 1 is 1.23 bits per heavy atom. The maximum absolute atomic E-state index is 12.1. The Balaban J connectivity index is 1.57. The number of halogens is 3. The Bertz CT molecular complexity index is 897. The fourth-order valence-corrected chi connectivity index (χ4v) is 3.24. The molecular formula is C17H16BrCl2N5O. The van der Waals surface area contributed by atoms with Gasteiger partial charge in [-0.25, -0.2) is 0 Å². The van der Waals surface area contributed by atoms with E-state index in [0.29, 0.717) is 35.2 Å². The molecule has 1 aromatic carbocycles. The molecule has 6 nitrogen and oxygen atoms in total. The zero-order chi connectivity index (χ0) is 18.7. The van der Waals surface area contributed by atoms with Crippen LogP contribution in [0.1, 0.15) is 17.7 Å². The van der Waals surface area contributed by atoms with E-state index in [0.717, 1.165) is 15.7 Å². The smallest absolute Gasteiger partial charge is 0.226 e. The molecule has 0 spiro atoms. The van der Waals surface area contributed by atoms with Gasteiger partial charge in [-0.1, -0.05) is 29.3 Å². The van der Waals surface area contributed by atoms with Crippen LogP contribution in [-0.2, 0) is 17.9 Å². The Morgan fingerprint density at radius 2 is 1.96 bits per heavy atom. The van der Waals surface area contributed by atoms with Crippen molar-refractivity contribution in [3.8, 4) is 0 Å². The van der Waals surface area contributed by atoms with E-state index < -0.39 is 0 Å². The van der Waals surface area contributed by atoms with Crippen molar-refractivity contribution in [3.63, 3.8) is 0 Å². The molecule has 2 aromatic heterocycles. The molecule has 0 fully saturated rings. The number of aromatic nitrogens is 4. The second-order valence-corrected chi connectivity index (χ2v) is 7.42. The van der Waals surface area contributed by atoms with Gasteiger partial charge in [-0.05, 0) is 35.0 Å². The maximum atomic E-state index is 12.1. The van der Waals surface area contributed by atoms with E-state index in [4.69, 9.17) is 23.2 Å². The lowest BCUT2D eigenvalue weighted by Crippen LogP contribution is -2.14. The van der Waals surface area contributed by atoms with Crippen LogP contribution in [0, 0.1) is 6.92 Å². The minimum absolute atomic E-state index is 0.107. The number of carbonyl (C=O) groups excluding carboxylic acids is 1. The summed E-state index contributed by atoms with van der Waals surface area (Å²) in [4.78, 5) is 12.1. The van der Waals surface area contributed by atoms with Gasteiger partial charge in [-0.2, -0.15) is 10.2 Å². The van der Waals surface area contributed by atoms with Crippen LogP contribution in [0.4, 0.5) is 5.69 Å². The zero-order valence-electron chi connectivity index (χ0n) is 13.9. The summed E-state index contributed by atoms with van der Waals surface area (Å²) in [7, 11) is 0. The second-order valence-electron chi connectivity index (χ2n) is 5.75. The number of rotatable bonds is 6. The molecule has 0 saturated carbocycles. The summed E-state index contributed by atoms with van der Waals surface area (Å²) < 4.78 is 4.34. The number of hydrogen-bond donors (Lipinski definition) is 1. The molecule has 26 heavy (non-hydrogen) atoms. The van der Waals surface area contributed by atoms with Crippen LogP contribution in [0.25, 0.3) is 0 Å². The SMILES string of the molecule is Cc1nn(CCC(=O)Nc2cnn(Cc3c(Cl)cccc3Cl)c2)cc1Br. The summed E-state index contributed by atoms with van der Waals surface area (Å²) in [6.07, 6.45) is 5.51. The first-order valence-electron chi connectivity index (χ1n) is 7.87. The van der Waals surface area contributed by atoms with Gasteiger partial charge in [0.25, 0.3) is 0 Å². The standard InChI is InChI=1S/C17H16BrCl2N5O/c1-11-14(18)10-24(23-11)6-5-17(26)22-12-7-21-25(8-12)9-13-15(19)3-2-4-16(13)20/h2-4,7-8,10H,5-6,9H2,1H3,(H,22,26). The number of aryl methyl sites for hydroxylation is 2. The van der Waals surface area contributed by atoms with Crippen LogP contribution in [0.15, 0.2) is 41.3 Å². The highest BCUT2D eigenvalue weighted by atomic mass is 79.9. The first-order valence-corrected chi connectivity index (χ1v) is 9.42. The van der Waals surface area contributed by atoms with E-state index in [1.165, 1.54) is 0 Å². The van der Waals surface area contributed by atoms with Crippen LogP contribution < -0.4 is 5.32 Å². The lowest BCUT2D eigenvalue weighted by atomic mass is 10.2. The molecule has 0 aliphatic carbocycles. The van der Waals surface area contributed by atoms with Crippen LogP contribution >= 0.6 is 39.1 Å². The molecule has 1 N–H and O–H groups in total. The lowest BCUT2D eigenvalue weighted by molar-refractivity contribution is -0.116. The molecule has 1 amide bonds. The van der Waals surface area contributed by atoms with Gasteiger partial charge in [-0.3, -0.25) is 14.2 Å². The van der Waals surface area contributed by atoms with Crippen molar-refractivity contribution in [1.82, 2.24) is 19.6 Å². The number of amides is 1. The van der Waals surface area contributed by atoms with E-state index in [2.05, 4.69) is 31.4 Å². The van der Waals surface area contributed by atoms with Crippen LogP contribution in [-0.4, -0.2) is 25.5 Å². The summed E-state index contributed by atoms with van der Waals surface area (Å²) in [5, 5.41) is 12.5. The highest BCUT2D eigenvalue weighted by molar-refractivity contribution is 9.10. The van der Waals surface area contributed by atoms with Gasteiger partial charge >= 0.3 is 0 Å². The summed E-state index contributed by atoms with van der Waals surface area (Å²) >= 11 is 15.8. The number of nitrogens with one attached hydrogen (secondary N) is 1. The molecule has 3 rings (SSSR count). The van der Waals surface area contributed by atoms with Crippen molar-refractivity contribution in [2.45, 2.75) is 26.4 Å². The minimum atomic E-state index is -0.107. The molecule has 2 heterocycles. The van der Waals surface area contributed by atoms with E-state index in [1.807, 2.05) is 13.1 Å². The van der Waals surface area contributed by atoms with E-state index >= 15 is 0 Å². The number of benzene rings is 1. The number of nitrogens with zero attached hydrogens (tertiary/aromatic N) is 4. The van der Waals surface area contributed by atoms with Gasteiger partial charge in [0.1, 0.15) is 0 Å². The predicted molar refractivity (Wildman–Crippen MR) is 106 cm³/mol. The first-order chi connectivity index (χ1) is 12.4. The summed E-state index contributed by atoms with van der Waals surface area (Å²) in [5.74, 6) is -0.107. The largest absolute Gasteiger partial charge is 0.323 e. The Hall–Kier alpha value is -1.83.